The Hall–Kier alpha value is -2.57. The number of thiophene rings is 1. The van der Waals surface area contributed by atoms with E-state index in [1.165, 1.54) is 11.3 Å². The maximum absolute atomic E-state index is 11.6. The third kappa shape index (κ3) is 2.94. The number of aromatic carboxylic acids is 1. The van der Waals surface area contributed by atoms with Gasteiger partial charge in [-0.15, -0.1) is 11.3 Å². The normalized spacial score (nSPS) is 11.3. The van der Waals surface area contributed by atoms with Gasteiger partial charge >= 0.3 is 5.97 Å². The minimum atomic E-state index is -0.970. The Kier molecular flexibility index (Phi) is 3.86. The first-order valence-electron chi connectivity index (χ1n) is 7.56. The van der Waals surface area contributed by atoms with Gasteiger partial charge in [-0.05, 0) is 37.3 Å². The van der Waals surface area contributed by atoms with Gasteiger partial charge < -0.3 is 14.2 Å². The van der Waals surface area contributed by atoms with Gasteiger partial charge in [-0.2, -0.15) is 0 Å². The molecule has 126 valence electrons. The molecule has 4 aromatic rings. The fourth-order valence-corrected chi connectivity index (χ4v) is 3.84. The fraction of sp³-hybridized carbons (Fsp3) is 0.111. The number of carboxylic acids is 1. The fourth-order valence-electron chi connectivity index (χ4n) is 2.85. The SMILES string of the molecule is Cc1ccc2c(c1)cc(C(=O)O)n2Cc1cc(-c2ccc(Cl)s2)on1. The molecule has 5 nitrogen and oxygen atoms in total. The van der Waals surface area contributed by atoms with E-state index in [-0.39, 0.29) is 5.69 Å². The van der Waals surface area contributed by atoms with Gasteiger partial charge in [-0.25, -0.2) is 4.79 Å². The summed E-state index contributed by atoms with van der Waals surface area (Å²) in [6.45, 7) is 2.30. The lowest BCUT2D eigenvalue weighted by Crippen LogP contribution is -2.09. The van der Waals surface area contributed by atoms with Crippen molar-refractivity contribution in [2.24, 2.45) is 0 Å². The van der Waals surface area contributed by atoms with Crippen LogP contribution >= 0.6 is 22.9 Å². The van der Waals surface area contributed by atoms with E-state index in [0.29, 0.717) is 22.3 Å². The number of hydrogen-bond donors (Lipinski definition) is 1. The van der Waals surface area contributed by atoms with Gasteiger partial charge in [0.2, 0.25) is 0 Å². The van der Waals surface area contributed by atoms with Crippen molar-refractivity contribution in [3.63, 3.8) is 0 Å². The first-order valence-corrected chi connectivity index (χ1v) is 8.75. The second-order valence-electron chi connectivity index (χ2n) is 5.77. The molecule has 0 aliphatic rings. The van der Waals surface area contributed by atoms with Crippen molar-refractivity contribution in [2.75, 3.05) is 0 Å². The zero-order chi connectivity index (χ0) is 17.6. The molecule has 0 aliphatic carbocycles. The molecule has 0 aliphatic heterocycles. The minimum absolute atomic E-state index is 0.226. The molecule has 0 saturated heterocycles. The summed E-state index contributed by atoms with van der Waals surface area (Å²) < 4.78 is 7.80. The first kappa shape index (κ1) is 15.9. The lowest BCUT2D eigenvalue weighted by atomic mass is 10.2. The quantitative estimate of drug-likeness (QED) is 0.543. The number of rotatable bonds is 4. The van der Waals surface area contributed by atoms with Crippen LogP contribution in [0.15, 0.2) is 47.0 Å². The third-order valence-electron chi connectivity index (χ3n) is 3.97. The Bertz CT molecular complexity index is 1090. The maximum Gasteiger partial charge on any atom is 0.352 e. The molecular weight excluding hydrogens is 360 g/mol. The summed E-state index contributed by atoms with van der Waals surface area (Å²) in [5.74, 6) is -0.348. The maximum atomic E-state index is 11.6. The lowest BCUT2D eigenvalue weighted by molar-refractivity contribution is 0.0686. The van der Waals surface area contributed by atoms with Crippen molar-refractivity contribution < 1.29 is 14.4 Å². The highest BCUT2D eigenvalue weighted by Crippen LogP contribution is 2.32. The molecule has 1 aromatic carbocycles. The molecule has 0 unspecified atom stereocenters. The Morgan fingerprint density at radius 2 is 2.12 bits per heavy atom. The summed E-state index contributed by atoms with van der Waals surface area (Å²) in [6.07, 6.45) is 0. The third-order valence-corrected chi connectivity index (χ3v) is 5.22. The number of hydrogen-bond acceptors (Lipinski definition) is 4. The van der Waals surface area contributed by atoms with Crippen LogP contribution in [0.1, 0.15) is 21.7 Å². The van der Waals surface area contributed by atoms with E-state index >= 15 is 0 Å². The van der Waals surface area contributed by atoms with Crippen LogP contribution in [0.25, 0.3) is 21.5 Å². The van der Waals surface area contributed by atoms with Crippen LogP contribution in [0.5, 0.6) is 0 Å². The summed E-state index contributed by atoms with van der Waals surface area (Å²) in [5.41, 5.74) is 2.82. The Labute approximate surface area is 152 Å². The van der Waals surface area contributed by atoms with Gasteiger partial charge in [0.1, 0.15) is 11.4 Å². The van der Waals surface area contributed by atoms with Gasteiger partial charge in [-0.1, -0.05) is 28.4 Å². The van der Waals surface area contributed by atoms with Gasteiger partial charge in [0.25, 0.3) is 0 Å². The number of fused-ring (bicyclic) bond motifs is 1. The van der Waals surface area contributed by atoms with E-state index in [0.717, 1.165) is 21.3 Å². The van der Waals surface area contributed by atoms with E-state index < -0.39 is 5.97 Å². The van der Waals surface area contributed by atoms with E-state index in [1.54, 1.807) is 16.7 Å². The Morgan fingerprint density at radius 3 is 2.84 bits per heavy atom. The van der Waals surface area contributed by atoms with Crippen LogP contribution in [-0.2, 0) is 6.54 Å². The highest BCUT2D eigenvalue weighted by molar-refractivity contribution is 7.19. The van der Waals surface area contributed by atoms with E-state index in [4.69, 9.17) is 16.1 Å². The van der Waals surface area contributed by atoms with Crippen LogP contribution in [0.4, 0.5) is 0 Å². The molecule has 4 rings (SSSR count). The van der Waals surface area contributed by atoms with Crippen molar-refractivity contribution in [1.29, 1.82) is 0 Å². The van der Waals surface area contributed by atoms with Crippen LogP contribution in [-0.4, -0.2) is 20.8 Å². The highest BCUT2D eigenvalue weighted by Gasteiger charge is 2.17. The Morgan fingerprint density at radius 1 is 1.28 bits per heavy atom. The largest absolute Gasteiger partial charge is 0.477 e. The first-order chi connectivity index (χ1) is 12.0. The Balaban J connectivity index is 1.74. The number of halogens is 1. The molecule has 0 atom stereocenters. The highest BCUT2D eigenvalue weighted by atomic mass is 35.5. The van der Waals surface area contributed by atoms with E-state index in [2.05, 4.69) is 5.16 Å². The predicted molar refractivity (Wildman–Crippen MR) is 97.6 cm³/mol. The molecule has 0 amide bonds. The zero-order valence-electron chi connectivity index (χ0n) is 13.2. The molecule has 25 heavy (non-hydrogen) atoms. The second-order valence-corrected chi connectivity index (χ2v) is 7.48. The molecule has 3 heterocycles. The number of carboxylic acid groups (broad SMARTS) is 1. The standard InChI is InChI=1S/C18H13ClN2O3S/c1-10-2-3-13-11(6-10)7-14(18(22)23)21(13)9-12-8-15(24-20-12)16-4-5-17(19)25-16/h2-8H,9H2,1H3,(H,22,23). The molecule has 1 N–H and O–H groups in total. The number of aromatic nitrogens is 2. The summed E-state index contributed by atoms with van der Waals surface area (Å²) in [5, 5.41) is 14.5. The average molecular weight is 373 g/mol. The van der Waals surface area contributed by atoms with Crippen molar-refractivity contribution in [3.05, 3.63) is 63.8 Å². The van der Waals surface area contributed by atoms with Crippen LogP contribution in [0.3, 0.4) is 0 Å². The molecule has 0 spiro atoms. The zero-order valence-corrected chi connectivity index (χ0v) is 14.8. The van der Waals surface area contributed by atoms with Crippen LogP contribution in [0, 0.1) is 6.92 Å². The molecule has 0 bridgehead atoms. The number of benzene rings is 1. The molecular formula is C18H13ClN2O3S. The van der Waals surface area contributed by atoms with Gasteiger partial charge in [0.05, 0.1) is 15.8 Å². The van der Waals surface area contributed by atoms with Gasteiger partial charge in [-0.3, -0.25) is 0 Å². The topological polar surface area (TPSA) is 68.3 Å². The molecule has 0 saturated carbocycles. The van der Waals surface area contributed by atoms with Gasteiger partial charge in [0, 0.05) is 17.0 Å². The minimum Gasteiger partial charge on any atom is -0.477 e. The molecule has 7 heteroatoms. The monoisotopic (exact) mass is 372 g/mol. The van der Waals surface area contributed by atoms with Crippen molar-refractivity contribution in [3.8, 4) is 10.6 Å². The predicted octanol–water partition coefficient (Wildman–Crippen LogP) is 5.07. The summed E-state index contributed by atoms with van der Waals surface area (Å²) >= 11 is 7.36. The number of carbonyl (C=O) groups is 1. The molecule has 0 radical (unpaired) electrons. The summed E-state index contributed by atoms with van der Waals surface area (Å²) in [4.78, 5) is 12.5. The number of aryl methyl sites for hydroxylation is 1. The van der Waals surface area contributed by atoms with Crippen molar-refractivity contribution in [1.82, 2.24) is 9.72 Å². The van der Waals surface area contributed by atoms with Crippen molar-refractivity contribution >= 4 is 39.8 Å². The van der Waals surface area contributed by atoms with Gasteiger partial charge in [0.15, 0.2) is 5.76 Å². The van der Waals surface area contributed by atoms with Crippen LogP contribution in [0.2, 0.25) is 4.34 Å². The lowest BCUT2D eigenvalue weighted by Gasteiger charge is -2.06. The van der Waals surface area contributed by atoms with Crippen molar-refractivity contribution in [2.45, 2.75) is 13.5 Å². The molecule has 0 fully saturated rings. The second kappa shape index (κ2) is 6.06. The average Bonchev–Trinajstić information content (AvgIpc) is 3.26. The van der Waals surface area contributed by atoms with E-state index in [9.17, 15) is 9.90 Å². The number of nitrogens with zero attached hydrogens (tertiary/aromatic N) is 2. The summed E-state index contributed by atoms with van der Waals surface area (Å²) in [6, 6.07) is 13.0. The smallest absolute Gasteiger partial charge is 0.352 e. The molecule has 3 aromatic heterocycles. The van der Waals surface area contributed by atoms with Crippen LogP contribution < -0.4 is 0 Å². The summed E-state index contributed by atoms with van der Waals surface area (Å²) in [7, 11) is 0. The van der Waals surface area contributed by atoms with E-state index in [1.807, 2.05) is 37.3 Å².